The number of rotatable bonds is 9. The van der Waals surface area contributed by atoms with Gasteiger partial charge in [-0.3, -0.25) is 14.4 Å². The third-order valence-corrected chi connectivity index (χ3v) is 5.60. The number of hydrogen-bond donors (Lipinski definition) is 1. The van der Waals surface area contributed by atoms with Gasteiger partial charge in [0.2, 0.25) is 0 Å². The minimum atomic E-state index is -0.844. The van der Waals surface area contributed by atoms with Crippen LogP contribution >= 0.6 is 0 Å². The van der Waals surface area contributed by atoms with Gasteiger partial charge in [0.05, 0.1) is 17.5 Å². The van der Waals surface area contributed by atoms with Crippen LogP contribution in [-0.2, 0) is 27.3 Å². The molecule has 0 bridgehead atoms. The van der Waals surface area contributed by atoms with E-state index in [0.717, 1.165) is 49.6 Å². The van der Waals surface area contributed by atoms with Crippen LogP contribution in [0.4, 0.5) is 0 Å². The van der Waals surface area contributed by atoms with Crippen molar-refractivity contribution < 1.29 is 14.3 Å². The molecule has 3 rings (SSSR count). The van der Waals surface area contributed by atoms with Crippen LogP contribution in [0.25, 0.3) is 11.0 Å². The number of benzene rings is 1. The minimum absolute atomic E-state index is 0.00933. The van der Waals surface area contributed by atoms with Crippen LogP contribution in [0, 0.1) is 0 Å². The van der Waals surface area contributed by atoms with Crippen molar-refractivity contribution in [2.75, 3.05) is 0 Å². The lowest BCUT2D eigenvalue weighted by atomic mass is 10.2. The highest BCUT2D eigenvalue weighted by Gasteiger charge is 2.23. The number of amides is 1. The number of unbranched alkanes of at least 4 members (excludes halogenated alkanes) is 1. The third-order valence-electron chi connectivity index (χ3n) is 5.60. The molecule has 1 aliphatic rings. The van der Waals surface area contributed by atoms with Gasteiger partial charge < -0.3 is 14.6 Å². The average molecular weight is 414 g/mol. The standard InChI is InChI=1S/C23H31N3O4/c1-3-4-15-26-20-12-8-7-11-18(20)25-19(23(26)29)13-14-21(27)30-16(2)22(28)24-17-9-5-6-10-17/h7-8,11-12,16-17H,3-6,9-10,13-15H2,1-2H3,(H,24,28). The van der Waals surface area contributed by atoms with Gasteiger partial charge in [0.1, 0.15) is 5.69 Å². The van der Waals surface area contributed by atoms with Gasteiger partial charge in [0.25, 0.3) is 11.5 Å². The quantitative estimate of drug-likeness (QED) is 0.638. The number of hydrogen-bond acceptors (Lipinski definition) is 5. The Morgan fingerprint density at radius 3 is 2.73 bits per heavy atom. The van der Waals surface area contributed by atoms with Crippen LogP contribution in [0.1, 0.15) is 64.5 Å². The Hall–Kier alpha value is -2.70. The van der Waals surface area contributed by atoms with Crippen LogP contribution in [0.2, 0.25) is 0 Å². The van der Waals surface area contributed by atoms with Gasteiger partial charge in [-0.15, -0.1) is 0 Å². The molecule has 1 amide bonds. The molecule has 7 nitrogen and oxygen atoms in total. The maximum Gasteiger partial charge on any atom is 0.306 e. The summed E-state index contributed by atoms with van der Waals surface area (Å²) in [6.45, 7) is 4.28. The second kappa shape index (κ2) is 10.4. The summed E-state index contributed by atoms with van der Waals surface area (Å²) in [6, 6.07) is 7.71. The number of carbonyl (C=O) groups excluding carboxylic acids is 2. The first kappa shape index (κ1) is 22.0. The average Bonchev–Trinajstić information content (AvgIpc) is 3.24. The zero-order valence-corrected chi connectivity index (χ0v) is 17.9. The summed E-state index contributed by atoms with van der Waals surface area (Å²) in [6.07, 6.45) is 5.41. The van der Waals surface area contributed by atoms with Gasteiger partial charge in [-0.2, -0.15) is 0 Å². The molecular weight excluding hydrogens is 382 g/mol. The molecule has 1 heterocycles. The van der Waals surface area contributed by atoms with Crippen molar-refractivity contribution in [3.05, 3.63) is 40.3 Å². The van der Waals surface area contributed by atoms with Crippen molar-refractivity contribution >= 4 is 22.9 Å². The molecule has 1 aromatic carbocycles. The lowest BCUT2D eigenvalue weighted by molar-refractivity contribution is -0.155. The zero-order valence-electron chi connectivity index (χ0n) is 17.9. The summed E-state index contributed by atoms with van der Waals surface area (Å²) in [5.74, 6) is -0.764. The summed E-state index contributed by atoms with van der Waals surface area (Å²) in [5.41, 5.74) is 1.73. The van der Waals surface area contributed by atoms with E-state index in [2.05, 4.69) is 17.2 Å². The smallest absolute Gasteiger partial charge is 0.306 e. The van der Waals surface area contributed by atoms with E-state index in [4.69, 9.17) is 4.74 Å². The SMILES string of the molecule is CCCCn1c(=O)c(CCC(=O)OC(C)C(=O)NC2CCCC2)nc2ccccc21. The van der Waals surface area contributed by atoms with Crippen LogP contribution in [0.5, 0.6) is 0 Å². The first-order valence-corrected chi connectivity index (χ1v) is 11.0. The van der Waals surface area contributed by atoms with Gasteiger partial charge in [-0.1, -0.05) is 38.3 Å². The molecule has 0 saturated heterocycles. The van der Waals surface area contributed by atoms with Crippen LogP contribution < -0.4 is 10.9 Å². The Morgan fingerprint density at radius 2 is 2.00 bits per heavy atom. The van der Waals surface area contributed by atoms with Crippen molar-refractivity contribution in [1.82, 2.24) is 14.9 Å². The normalized spacial score (nSPS) is 15.3. The molecule has 0 spiro atoms. The van der Waals surface area contributed by atoms with Crippen LogP contribution in [0.15, 0.2) is 29.1 Å². The molecule has 1 fully saturated rings. The first-order valence-electron chi connectivity index (χ1n) is 11.0. The Kier molecular flexibility index (Phi) is 7.60. The van der Waals surface area contributed by atoms with Gasteiger partial charge in [-0.05, 0) is 38.3 Å². The Morgan fingerprint density at radius 1 is 1.27 bits per heavy atom. The molecule has 1 atom stereocenters. The second-order valence-corrected chi connectivity index (χ2v) is 7.98. The van der Waals surface area contributed by atoms with Gasteiger partial charge >= 0.3 is 5.97 Å². The molecule has 1 unspecified atom stereocenters. The Balaban J connectivity index is 1.63. The van der Waals surface area contributed by atoms with Crippen LogP contribution in [0.3, 0.4) is 0 Å². The highest BCUT2D eigenvalue weighted by atomic mass is 16.5. The molecule has 1 N–H and O–H groups in total. The Bertz CT molecular complexity index is 947. The summed E-state index contributed by atoms with van der Waals surface area (Å²) >= 11 is 0. The zero-order chi connectivity index (χ0) is 21.5. The van der Waals surface area contributed by atoms with E-state index in [1.807, 2.05) is 24.3 Å². The van der Waals surface area contributed by atoms with Crippen molar-refractivity contribution in [3.63, 3.8) is 0 Å². The molecule has 30 heavy (non-hydrogen) atoms. The van der Waals surface area contributed by atoms with E-state index in [-0.39, 0.29) is 30.3 Å². The van der Waals surface area contributed by atoms with Crippen molar-refractivity contribution in [2.45, 2.75) is 83.9 Å². The molecule has 7 heteroatoms. The lowest BCUT2D eigenvalue weighted by Crippen LogP contribution is -2.40. The second-order valence-electron chi connectivity index (χ2n) is 7.98. The maximum atomic E-state index is 12.9. The van der Waals surface area contributed by atoms with E-state index >= 15 is 0 Å². The number of ether oxygens (including phenoxy) is 1. The number of aromatic nitrogens is 2. The third kappa shape index (κ3) is 5.46. The molecule has 162 valence electrons. The van der Waals surface area contributed by atoms with E-state index in [1.165, 1.54) is 0 Å². The number of para-hydroxylation sites is 2. The van der Waals surface area contributed by atoms with Crippen molar-refractivity contribution in [1.29, 1.82) is 0 Å². The molecule has 0 radical (unpaired) electrons. The summed E-state index contributed by atoms with van der Waals surface area (Å²) < 4.78 is 7.02. The summed E-state index contributed by atoms with van der Waals surface area (Å²) in [4.78, 5) is 41.8. The van der Waals surface area contributed by atoms with Crippen molar-refractivity contribution in [2.24, 2.45) is 0 Å². The number of esters is 1. The number of nitrogens with one attached hydrogen (secondary N) is 1. The number of fused-ring (bicyclic) bond motifs is 1. The molecular formula is C23H31N3O4. The fourth-order valence-electron chi connectivity index (χ4n) is 3.87. The fourth-order valence-corrected chi connectivity index (χ4v) is 3.87. The highest BCUT2D eigenvalue weighted by Crippen LogP contribution is 2.18. The summed E-state index contributed by atoms with van der Waals surface area (Å²) in [7, 11) is 0. The highest BCUT2D eigenvalue weighted by molar-refractivity contribution is 5.83. The molecule has 0 aliphatic heterocycles. The van der Waals surface area contributed by atoms with Gasteiger partial charge in [0, 0.05) is 19.0 Å². The molecule has 1 aliphatic carbocycles. The van der Waals surface area contributed by atoms with E-state index in [0.29, 0.717) is 12.2 Å². The Labute approximate surface area is 176 Å². The van der Waals surface area contributed by atoms with E-state index in [9.17, 15) is 14.4 Å². The predicted molar refractivity (Wildman–Crippen MR) is 115 cm³/mol. The monoisotopic (exact) mass is 413 g/mol. The van der Waals surface area contributed by atoms with Crippen LogP contribution in [-0.4, -0.2) is 33.6 Å². The maximum absolute atomic E-state index is 12.9. The van der Waals surface area contributed by atoms with E-state index in [1.54, 1.807) is 11.5 Å². The van der Waals surface area contributed by atoms with Crippen molar-refractivity contribution in [3.8, 4) is 0 Å². The number of carbonyl (C=O) groups is 2. The van der Waals surface area contributed by atoms with Gasteiger partial charge in [0.15, 0.2) is 6.10 Å². The first-order chi connectivity index (χ1) is 14.5. The van der Waals surface area contributed by atoms with E-state index < -0.39 is 12.1 Å². The topological polar surface area (TPSA) is 90.3 Å². The minimum Gasteiger partial charge on any atom is -0.453 e. The predicted octanol–water partition coefficient (Wildman–Crippen LogP) is 3.12. The lowest BCUT2D eigenvalue weighted by Gasteiger charge is -2.17. The molecule has 2 aromatic rings. The number of nitrogens with zero attached hydrogens (tertiary/aromatic N) is 2. The van der Waals surface area contributed by atoms with Gasteiger partial charge in [-0.25, -0.2) is 4.98 Å². The number of aryl methyl sites for hydroxylation is 2. The fraction of sp³-hybridized carbons (Fsp3) is 0.565. The molecule has 1 saturated carbocycles. The largest absolute Gasteiger partial charge is 0.453 e. The summed E-state index contributed by atoms with van der Waals surface area (Å²) in [5, 5.41) is 2.93. The molecule has 1 aromatic heterocycles.